The zero-order valence-electron chi connectivity index (χ0n) is 19.1. The van der Waals surface area contributed by atoms with E-state index in [-0.39, 0.29) is 11.1 Å². The van der Waals surface area contributed by atoms with Crippen molar-refractivity contribution < 1.29 is 65.5 Å². The Bertz CT molecular complexity index is 1260. The van der Waals surface area contributed by atoms with Crippen LogP contribution in [0.2, 0.25) is 0 Å². The minimum absolute atomic E-state index is 0.0969. The van der Waals surface area contributed by atoms with Gasteiger partial charge < -0.3 is 24.8 Å². The predicted octanol–water partition coefficient (Wildman–Crippen LogP) is 5.11. The van der Waals surface area contributed by atoms with Gasteiger partial charge in [-0.1, -0.05) is 31.2 Å². The number of hydrogen-bond donors (Lipinski definition) is 3. The van der Waals surface area contributed by atoms with E-state index < -0.39 is 65.1 Å². The van der Waals surface area contributed by atoms with E-state index in [1.54, 1.807) is 0 Å². The molecule has 0 aliphatic carbocycles. The number of carboxylic acids is 1. The first kappa shape index (κ1) is 29.7. The van der Waals surface area contributed by atoms with Gasteiger partial charge in [0.25, 0.3) is 0 Å². The number of aromatic hydroxyl groups is 2. The van der Waals surface area contributed by atoms with Gasteiger partial charge in [0.05, 0.1) is 0 Å². The molecule has 14 heteroatoms. The Labute approximate surface area is 210 Å². The molecule has 0 spiro atoms. The van der Waals surface area contributed by atoms with Crippen molar-refractivity contribution in [2.75, 3.05) is 0 Å². The van der Waals surface area contributed by atoms with Crippen LogP contribution >= 0.6 is 0 Å². The molecular weight excluding hydrogens is 530 g/mol. The third kappa shape index (κ3) is 8.87. The van der Waals surface area contributed by atoms with Gasteiger partial charge in [-0.2, -0.15) is 0 Å². The van der Waals surface area contributed by atoms with Crippen LogP contribution in [-0.2, 0) is 14.4 Å². The Morgan fingerprint density at radius 2 is 1.32 bits per heavy atom. The number of phenols is 2. The van der Waals surface area contributed by atoms with Gasteiger partial charge in [0, 0.05) is 0 Å². The van der Waals surface area contributed by atoms with Crippen LogP contribution in [0.4, 0.5) is 26.3 Å². The Kier molecular flexibility index (Phi) is 9.16. The van der Waals surface area contributed by atoms with Gasteiger partial charge in [0.15, 0.2) is 40.5 Å². The molecule has 0 saturated heterocycles. The van der Waals surface area contributed by atoms with Gasteiger partial charge >= 0.3 is 18.7 Å². The summed E-state index contributed by atoms with van der Waals surface area (Å²) in [6, 6.07) is 5.67. The lowest BCUT2D eigenvalue weighted by Crippen LogP contribution is -2.29. The van der Waals surface area contributed by atoms with E-state index in [9.17, 15) is 56.0 Å². The van der Waals surface area contributed by atoms with E-state index in [0.29, 0.717) is 6.08 Å². The standard InChI is InChI=1S/C24H18F6O8/c1-12(14-5-9-16(32)20(11-14)38-24(28,29)30)2-6-17(33)21(22(35)36)18(34)8-4-13-3-7-15(31)19(10-13)37-23(25,26)27/h2-12,21,31-32H,1H3,(H,35,36). The number of benzene rings is 2. The van der Waals surface area contributed by atoms with Crippen LogP contribution in [-0.4, -0.2) is 45.6 Å². The average Bonchev–Trinajstić information content (AvgIpc) is 2.77. The summed E-state index contributed by atoms with van der Waals surface area (Å²) in [4.78, 5) is 36.3. The number of ketones is 2. The number of halogens is 6. The van der Waals surface area contributed by atoms with Crippen LogP contribution in [0.25, 0.3) is 6.08 Å². The molecule has 2 atom stereocenters. The van der Waals surface area contributed by atoms with Crippen LogP contribution in [0.3, 0.4) is 0 Å². The highest BCUT2D eigenvalue weighted by atomic mass is 19.4. The monoisotopic (exact) mass is 548 g/mol. The normalized spacial score (nSPS) is 13.9. The van der Waals surface area contributed by atoms with E-state index in [2.05, 4.69) is 9.47 Å². The predicted molar refractivity (Wildman–Crippen MR) is 117 cm³/mol. The maximum absolute atomic E-state index is 12.5. The lowest BCUT2D eigenvalue weighted by Gasteiger charge is -2.13. The molecule has 0 bridgehead atoms. The minimum atomic E-state index is -5.12. The number of hydrogen-bond acceptors (Lipinski definition) is 7. The molecule has 8 nitrogen and oxygen atoms in total. The van der Waals surface area contributed by atoms with Crippen molar-refractivity contribution in [1.29, 1.82) is 0 Å². The van der Waals surface area contributed by atoms with Gasteiger partial charge in [-0.15, -0.1) is 26.3 Å². The van der Waals surface area contributed by atoms with Crippen LogP contribution in [0, 0.1) is 5.92 Å². The molecule has 0 radical (unpaired) electrons. The van der Waals surface area contributed by atoms with Crippen molar-refractivity contribution in [3.05, 3.63) is 65.8 Å². The van der Waals surface area contributed by atoms with Crippen molar-refractivity contribution in [1.82, 2.24) is 0 Å². The summed E-state index contributed by atoms with van der Waals surface area (Å²) in [5, 5.41) is 28.3. The van der Waals surface area contributed by atoms with Crippen LogP contribution in [0.1, 0.15) is 24.0 Å². The molecular formula is C24H18F6O8. The summed E-state index contributed by atoms with van der Waals surface area (Å²) in [7, 11) is 0. The molecule has 0 saturated carbocycles. The fourth-order valence-corrected chi connectivity index (χ4v) is 2.97. The summed E-state index contributed by atoms with van der Waals surface area (Å²) in [6.45, 7) is 1.43. The number of allylic oxidation sites excluding steroid dienone is 3. The number of phenolic OH excluding ortho intramolecular Hbond substituents is 2. The minimum Gasteiger partial charge on any atom is -0.504 e. The highest BCUT2D eigenvalue weighted by molar-refractivity contribution is 6.23. The lowest BCUT2D eigenvalue weighted by molar-refractivity contribution is -0.276. The largest absolute Gasteiger partial charge is 0.573 e. The molecule has 0 aromatic heterocycles. The average molecular weight is 548 g/mol. The quantitative estimate of drug-likeness (QED) is 0.212. The second-order valence-corrected chi connectivity index (χ2v) is 7.61. The van der Waals surface area contributed by atoms with Crippen molar-refractivity contribution in [3.8, 4) is 23.0 Å². The molecule has 0 amide bonds. The molecule has 2 aromatic carbocycles. The highest BCUT2D eigenvalue weighted by Crippen LogP contribution is 2.35. The number of alkyl halides is 6. The number of carbonyl (C=O) groups excluding carboxylic acids is 2. The van der Waals surface area contributed by atoms with Gasteiger partial charge in [0.2, 0.25) is 0 Å². The summed E-state index contributed by atoms with van der Waals surface area (Å²) in [5.41, 5.74) is 0.0498. The molecule has 0 fully saturated rings. The van der Waals surface area contributed by atoms with Crippen molar-refractivity contribution in [3.63, 3.8) is 0 Å². The summed E-state index contributed by atoms with van der Waals surface area (Å²) in [5.74, 6) is -10.8. The fourth-order valence-electron chi connectivity index (χ4n) is 2.97. The smallest absolute Gasteiger partial charge is 0.504 e. The number of aliphatic carboxylic acids is 1. The molecule has 0 heterocycles. The zero-order chi connectivity index (χ0) is 28.8. The number of carbonyl (C=O) groups is 3. The van der Waals surface area contributed by atoms with Crippen LogP contribution in [0.15, 0.2) is 54.6 Å². The molecule has 2 unspecified atom stereocenters. The SMILES string of the molecule is CC(C=CC(=O)C(C(=O)O)C(=O)C=Cc1ccc(O)c(OC(F)(F)F)c1)c1ccc(O)c(OC(F)(F)F)c1. The molecule has 38 heavy (non-hydrogen) atoms. The first-order chi connectivity index (χ1) is 17.5. The Morgan fingerprint density at radius 3 is 1.84 bits per heavy atom. The number of carboxylic acid groups (broad SMARTS) is 1. The molecule has 204 valence electrons. The van der Waals surface area contributed by atoms with E-state index in [0.717, 1.165) is 48.6 Å². The molecule has 0 aliphatic rings. The summed E-state index contributed by atoms with van der Waals surface area (Å²) >= 11 is 0. The van der Waals surface area contributed by atoms with Gasteiger partial charge in [-0.25, -0.2) is 0 Å². The van der Waals surface area contributed by atoms with Crippen LogP contribution in [0.5, 0.6) is 23.0 Å². The van der Waals surface area contributed by atoms with Crippen molar-refractivity contribution >= 4 is 23.6 Å². The third-order valence-corrected chi connectivity index (χ3v) is 4.75. The van der Waals surface area contributed by atoms with Crippen LogP contribution < -0.4 is 9.47 Å². The van der Waals surface area contributed by atoms with Crippen molar-refractivity contribution in [2.45, 2.75) is 25.6 Å². The third-order valence-electron chi connectivity index (χ3n) is 4.75. The summed E-state index contributed by atoms with van der Waals surface area (Å²) in [6.07, 6.45) is -6.81. The lowest BCUT2D eigenvalue weighted by atomic mass is 9.95. The first-order valence-electron chi connectivity index (χ1n) is 10.3. The number of ether oxygens (including phenoxy) is 2. The first-order valence-corrected chi connectivity index (χ1v) is 10.3. The fraction of sp³-hybridized carbons (Fsp3) is 0.208. The van der Waals surface area contributed by atoms with E-state index in [1.165, 1.54) is 13.0 Å². The topological polar surface area (TPSA) is 130 Å². The Hall–Kier alpha value is -4.49. The second kappa shape index (κ2) is 11.7. The van der Waals surface area contributed by atoms with Gasteiger partial charge in [-0.05, 0) is 53.5 Å². The van der Waals surface area contributed by atoms with E-state index >= 15 is 0 Å². The summed E-state index contributed by atoms with van der Waals surface area (Å²) < 4.78 is 82.0. The van der Waals surface area contributed by atoms with E-state index in [4.69, 9.17) is 0 Å². The molecule has 2 rings (SSSR count). The zero-order valence-corrected chi connectivity index (χ0v) is 19.1. The van der Waals surface area contributed by atoms with E-state index in [1.807, 2.05) is 0 Å². The van der Waals surface area contributed by atoms with Gasteiger partial charge in [-0.3, -0.25) is 14.4 Å². The molecule has 3 N–H and O–H groups in total. The number of rotatable bonds is 10. The maximum atomic E-state index is 12.5. The maximum Gasteiger partial charge on any atom is 0.573 e. The van der Waals surface area contributed by atoms with Crippen molar-refractivity contribution in [2.24, 2.45) is 5.92 Å². The highest BCUT2D eigenvalue weighted by Gasteiger charge is 2.34. The Morgan fingerprint density at radius 1 is 0.816 bits per heavy atom. The molecule has 2 aromatic rings. The Balaban J connectivity index is 2.19. The van der Waals surface area contributed by atoms with Gasteiger partial charge in [0.1, 0.15) is 0 Å². The second-order valence-electron chi connectivity index (χ2n) is 7.61. The molecule has 0 aliphatic heterocycles.